The van der Waals surface area contributed by atoms with Crippen molar-refractivity contribution in [1.82, 2.24) is 10.2 Å². The van der Waals surface area contributed by atoms with Crippen molar-refractivity contribution < 1.29 is 9.53 Å². The van der Waals surface area contributed by atoms with Crippen LogP contribution >= 0.6 is 0 Å². The largest absolute Gasteiger partial charge is 0.378 e. The molecule has 2 unspecified atom stereocenters. The maximum atomic E-state index is 13.1. The lowest BCUT2D eigenvalue weighted by Gasteiger charge is -2.38. The maximum Gasteiger partial charge on any atom is 0.225 e. The highest BCUT2D eigenvalue weighted by molar-refractivity contribution is 5.78. The zero-order valence-electron chi connectivity index (χ0n) is 14.4. The SMILES string of the molecule is O=C(CC1COCCN1)N1Cc2ccccc2CC1c1ccccc1. The Kier molecular flexibility index (Phi) is 4.81. The van der Waals surface area contributed by atoms with E-state index >= 15 is 0 Å². The van der Waals surface area contributed by atoms with E-state index in [-0.39, 0.29) is 18.0 Å². The first kappa shape index (κ1) is 16.3. The second kappa shape index (κ2) is 7.38. The van der Waals surface area contributed by atoms with E-state index < -0.39 is 0 Å². The lowest BCUT2D eigenvalue weighted by Crippen LogP contribution is -2.46. The Morgan fingerprint density at radius 3 is 2.60 bits per heavy atom. The van der Waals surface area contributed by atoms with Crippen molar-refractivity contribution in [2.24, 2.45) is 0 Å². The molecule has 25 heavy (non-hydrogen) atoms. The highest BCUT2D eigenvalue weighted by Gasteiger charge is 2.32. The van der Waals surface area contributed by atoms with Gasteiger partial charge in [0.1, 0.15) is 0 Å². The van der Waals surface area contributed by atoms with Gasteiger partial charge < -0.3 is 15.0 Å². The van der Waals surface area contributed by atoms with Crippen LogP contribution in [0.3, 0.4) is 0 Å². The number of nitrogens with zero attached hydrogens (tertiary/aromatic N) is 1. The molecule has 0 aliphatic carbocycles. The number of carbonyl (C=O) groups is 1. The summed E-state index contributed by atoms with van der Waals surface area (Å²) in [5.74, 6) is 0.200. The molecule has 2 heterocycles. The van der Waals surface area contributed by atoms with E-state index in [4.69, 9.17) is 4.74 Å². The summed E-state index contributed by atoms with van der Waals surface area (Å²) in [4.78, 5) is 15.1. The molecule has 0 radical (unpaired) electrons. The molecule has 0 saturated carbocycles. The molecule has 2 aliphatic heterocycles. The summed E-state index contributed by atoms with van der Waals surface area (Å²) in [6.45, 7) is 2.85. The molecule has 4 nitrogen and oxygen atoms in total. The second-order valence-corrected chi connectivity index (χ2v) is 6.85. The van der Waals surface area contributed by atoms with Gasteiger partial charge in [-0.2, -0.15) is 0 Å². The van der Waals surface area contributed by atoms with Crippen LogP contribution in [0, 0.1) is 0 Å². The molecule has 0 spiro atoms. The topological polar surface area (TPSA) is 41.6 Å². The Morgan fingerprint density at radius 1 is 1.08 bits per heavy atom. The number of hydrogen-bond acceptors (Lipinski definition) is 3. The molecule has 2 aromatic rings. The molecule has 2 aliphatic rings. The molecule has 4 rings (SSSR count). The first-order chi connectivity index (χ1) is 12.3. The Morgan fingerprint density at radius 2 is 1.84 bits per heavy atom. The second-order valence-electron chi connectivity index (χ2n) is 6.85. The fourth-order valence-electron chi connectivity index (χ4n) is 3.84. The van der Waals surface area contributed by atoms with Crippen molar-refractivity contribution in [2.75, 3.05) is 19.8 Å². The normalized spacial score (nSPS) is 23.1. The fraction of sp³-hybridized carbons (Fsp3) is 0.381. The third-order valence-electron chi connectivity index (χ3n) is 5.17. The summed E-state index contributed by atoms with van der Waals surface area (Å²) >= 11 is 0. The lowest BCUT2D eigenvalue weighted by molar-refractivity contribution is -0.136. The van der Waals surface area contributed by atoms with Crippen molar-refractivity contribution in [3.05, 3.63) is 71.3 Å². The van der Waals surface area contributed by atoms with Gasteiger partial charge >= 0.3 is 0 Å². The van der Waals surface area contributed by atoms with Crippen LogP contribution in [0.25, 0.3) is 0 Å². The molecule has 2 aromatic carbocycles. The van der Waals surface area contributed by atoms with E-state index in [1.165, 1.54) is 16.7 Å². The van der Waals surface area contributed by atoms with Gasteiger partial charge in [0.15, 0.2) is 0 Å². The average Bonchev–Trinajstić information content (AvgIpc) is 2.68. The van der Waals surface area contributed by atoms with Gasteiger partial charge in [0.2, 0.25) is 5.91 Å². The molecule has 1 fully saturated rings. The van der Waals surface area contributed by atoms with Gasteiger partial charge in [-0.3, -0.25) is 4.79 Å². The molecule has 2 atom stereocenters. The standard InChI is InChI=1S/C21H24N2O2/c24-21(13-19-15-25-11-10-22-19)23-14-18-9-5-4-8-17(18)12-20(23)16-6-2-1-3-7-16/h1-9,19-20,22H,10-15H2. The number of fused-ring (bicyclic) bond motifs is 1. The van der Waals surface area contributed by atoms with Crippen LogP contribution in [0.1, 0.15) is 29.2 Å². The third kappa shape index (κ3) is 3.60. The summed E-state index contributed by atoms with van der Waals surface area (Å²) in [5.41, 5.74) is 3.81. The van der Waals surface area contributed by atoms with E-state index in [2.05, 4.69) is 53.8 Å². The van der Waals surface area contributed by atoms with Crippen molar-refractivity contribution in [1.29, 1.82) is 0 Å². The number of benzene rings is 2. The predicted octanol–water partition coefficient (Wildman–Crippen LogP) is 2.69. The van der Waals surface area contributed by atoms with E-state index in [1.54, 1.807) is 0 Å². The van der Waals surface area contributed by atoms with Crippen LogP contribution in [0.5, 0.6) is 0 Å². The van der Waals surface area contributed by atoms with Crippen LogP contribution < -0.4 is 5.32 Å². The van der Waals surface area contributed by atoms with E-state index in [0.717, 1.165) is 19.6 Å². The molecule has 0 bridgehead atoms. The highest BCUT2D eigenvalue weighted by Crippen LogP contribution is 2.33. The van der Waals surface area contributed by atoms with Gasteiger partial charge in [-0.25, -0.2) is 0 Å². The Balaban J connectivity index is 1.59. The molecule has 130 valence electrons. The van der Waals surface area contributed by atoms with Crippen molar-refractivity contribution in [3.63, 3.8) is 0 Å². The number of ether oxygens (including phenoxy) is 1. The number of hydrogen-bond donors (Lipinski definition) is 1. The van der Waals surface area contributed by atoms with Crippen LogP contribution in [-0.2, 0) is 22.5 Å². The molecule has 4 heteroatoms. The zero-order chi connectivity index (χ0) is 17.1. The van der Waals surface area contributed by atoms with Gasteiger partial charge in [-0.15, -0.1) is 0 Å². The van der Waals surface area contributed by atoms with Gasteiger partial charge in [0.25, 0.3) is 0 Å². The van der Waals surface area contributed by atoms with Crippen molar-refractivity contribution in [3.8, 4) is 0 Å². The van der Waals surface area contributed by atoms with Crippen LogP contribution in [0.2, 0.25) is 0 Å². The first-order valence-corrected chi connectivity index (χ1v) is 9.03. The summed E-state index contributed by atoms with van der Waals surface area (Å²) in [5, 5.41) is 3.39. The van der Waals surface area contributed by atoms with E-state index in [9.17, 15) is 4.79 Å². The molecule has 1 N–H and O–H groups in total. The van der Waals surface area contributed by atoms with Gasteiger partial charge in [0, 0.05) is 25.6 Å². The Labute approximate surface area is 148 Å². The third-order valence-corrected chi connectivity index (χ3v) is 5.17. The van der Waals surface area contributed by atoms with E-state index in [0.29, 0.717) is 19.6 Å². The predicted molar refractivity (Wildman–Crippen MR) is 97.1 cm³/mol. The minimum Gasteiger partial charge on any atom is -0.378 e. The number of morpholine rings is 1. The minimum atomic E-state index is 0.105. The smallest absolute Gasteiger partial charge is 0.225 e. The fourth-order valence-corrected chi connectivity index (χ4v) is 3.84. The van der Waals surface area contributed by atoms with Gasteiger partial charge in [-0.05, 0) is 23.1 Å². The number of nitrogens with one attached hydrogen (secondary N) is 1. The molecule has 1 saturated heterocycles. The van der Waals surface area contributed by atoms with E-state index in [1.807, 2.05) is 11.0 Å². The van der Waals surface area contributed by atoms with Crippen molar-refractivity contribution >= 4 is 5.91 Å². The number of rotatable bonds is 3. The average molecular weight is 336 g/mol. The first-order valence-electron chi connectivity index (χ1n) is 9.03. The molecule has 1 amide bonds. The number of amides is 1. The van der Waals surface area contributed by atoms with Crippen LogP contribution in [-0.4, -0.2) is 36.6 Å². The van der Waals surface area contributed by atoms with Gasteiger partial charge in [-0.1, -0.05) is 54.6 Å². The molecular weight excluding hydrogens is 312 g/mol. The minimum absolute atomic E-state index is 0.105. The molecular formula is C21H24N2O2. The molecule has 0 aromatic heterocycles. The monoisotopic (exact) mass is 336 g/mol. The van der Waals surface area contributed by atoms with Gasteiger partial charge in [0.05, 0.1) is 19.3 Å². The van der Waals surface area contributed by atoms with Crippen LogP contribution in [0.4, 0.5) is 0 Å². The quantitative estimate of drug-likeness (QED) is 0.937. The summed E-state index contributed by atoms with van der Waals surface area (Å²) < 4.78 is 5.50. The van der Waals surface area contributed by atoms with Crippen molar-refractivity contribution in [2.45, 2.75) is 31.5 Å². The zero-order valence-corrected chi connectivity index (χ0v) is 14.4. The maximum absolute atomic E-state index is 13.1. The lowest BCUT2D eigenvalue weighted by atomic mass is 9.89. The summed E-state index contributed by atoms with van der Waals surface area (Å²) in [6, 6.07) is 19.1. The Bertz CT molecular complexity index is 726. The number of carbonyl (C=O) groups excluding carboxylic acids is 1. The summed E-state index contributed by atoms with van der Waals surface area (Å²) in [6.07, 6.45) is 1.37. The van der Waals surface area contributed by atoms with Crippen LogP contribution in [0.15, 0.2) is 54.6 Å². The Hall–Kier alpha value is -2.17. The summed E-state index contributed by atoms with van der Waals surface area (Å²) in [7, 11) is 0. The highest BCUT2D eigenvalue weighted by atomic mass is 16.5.